The van der Waals surface area contributed by atoms with Gasteiger partial charge in [0.2, 0.25) is 0 Å². The molecule has 4 aromatic rings. The number of nitrogens with zero attached hydrogens (tertiary/aromatic N) is 4. The fourth-order valence-corrected chi connectivity index (χ4v) is 3.40. The van der Waals surface area contributed by atoms with Crippen molar-refractivity contribution in [2.45, 2.75) is 13.0 Å². The summed E-state index contributed by atoms with van der Waals surface area (Å²) >= 11 is 0. The summed E-state index contributed by atoms with van der Waals surface area (Å²) in [4.78, 5) is 24.2. The van der Waals surface area contributed by atoms with Crippen LogP contribution < -0.4 is 10.3 Å². The number of carbonyl (C=O) groups is 1. The van der Waals surface area contributed by atoms with E-state index in [1.54, 1.807) is 48.5 Å². The maximum atomic E-state index is 12.5. The largest absolute Gasteiger partial charge is 0.493 e. The van der Waals surface area contributed by atoms with Crippen molar-refractivity contribution in [3.05, 3.63) is 88.7 Å². The molecule has 0 aliphatic heterocycles. The number of aryl methyl sites for hydroxylation is 1. The lowest BCUT2D eigenvalue weighted by atomic mass is 10.0. The first kappa shape index (κ1) is 21.7. The number of carboxylic acids is 1. The molecule has 0 radical (unpaired) electrons. The van der Waals surface area contributed by atoms with E-state index < -0.39 is 11.9 Å². The number of nitriles is 1. The van der Waals surface area contributed by atoms with Crippen LogP contribution in [0, 0.1) is 17.2 Å². The van der Waals surface area contributed by atoms with Crippen LogP contribution in [0.5, 0.6) is 5.75 Å². The van der Waals surface area contributed by atoms with Gasteiger partial charge in [-0.25, -0.2) is 4.68 Å². The molecule has 8 nitrogen and oxygen atoms in total. The third kappa shape index (κ3) is 5.05. The number of rotatable bonds is 8. The molecule has 1 unspecified atom stereocenters. The van der Waals surface area contributed by atoms with Crippen molar-refractivity contribution < 1.29 is 14.6 Å². The SMILES string of the molecule is N#Cc1ccc(-c2ccc(OCC(CCn3nnc4ccccc4c3=O)C(=O)O)cc2)cc1. The molecule has 0 fully saturated rings. The van der Waals surface area contributed by atoms with Crippen LogP contribution in [0.2, 0.25) is 0 Å². The Labute approximate surface area is 189 Å². The van der Waals surface area contributed by atoms with E-state index in [4.69, 9.17) is 10.00 Å². The number of aliphatic carboxylic acids is 1. The third-order valence-electron chi connectivity index (χ3n) is 5.32. The molecule has 1 atom stereocenters. The van der Waals surface area contributed by atoms with Crippen molar-refractivity contribution in [3.63, 3.8) is 0 Å². The molecule has 3 aromatic carbocycles. The van der Waals surface area contributed by atoms with Gasteiger partial charge in [0.25, 0.3) is 5.56 Å². The van der Waals surface area contributed by atoms with Crippen LogP contribution in [0.4, 0.5) is 0 Å². The number of hydrogen-bond acceptors (Lipinski definition) is 6. The number of fused-ring (bicyclic) bond motifs is 1. The Morgan fingerprint density at radius 3 is 2.36 bits per heavy atom. The van der Waals surface area contributed by atoms with Crippen molar-refractivity contribution in [1.29, 1.82) is 5.26 Å². The zero-order chi connectivity index (χ0) is 23.2. The van der Waals surface area contributed by atoms with E-state index in [1.165, 1.54) is 4.68 Å². The number of carboxylic acid groups (broad SMARTS) is 1. The van der Waals surface area contributed by atoms with Gasteiger partial charge in [-0.3, -0.25) is 9.59 Å². The normalized spacial score (nSPS) is 11.6. The van der Waals surface area contributed by atoms with Gasteiger partial charge >= 0.3 is 5.97 Å². The lowest BCUT2D eigenvalue weighted by Crippen LogP contribution is -2.28. The quantitative estimate of drug-likeness (QED) is 0.445. The van der Waals surface area contributed by atoms with Gasteiger partial charge in [0.15, 0.2) is 0 Å². The second-order valence-corrected chi connectivity index (χ2v) is 7.48. The molecule has 1 aromatic heterocycles. The standard InChI is InChI=1S/C25H20N4O4/c26-15-17-5-7-18(8-6-17)19-9-11-21(12-10-19)33-16-20(25(31)32)13-14-29-24(30)22-3-1-2-4-23(22)27-28-29/h1-12,20H,13-14,16H2,(H,31,32). The van der Waals surface area contributed by atoms with Gasteiger partial charge in [-0.15, -0.1) is 5.10 Å². The minimum atomic E-state index is -1.01. The molecule has 0 bridgehead atoms. The van der Waals surface area contributed by atoms with E-state index in [-0.39, 0.29) is 25.1 Å². The predicted octanol–water partition coefficient (Wildman–Crippen LogP) is 3.50. The van der Waals surface area contributed by atoms with Gasteiger partial charge in [0.1, 0.15) is 17.9 Å². The maximum absolute atomic E-state index is 12.5. The predicted molar refractivity (Wildman–Crippen MR) is 122 cm³/mol. The summed E-state index contributed by atoms with van der Waals surface area (Å²) in [6, 6.07) is 23.5. The van der Waals surface area contributed by atoms with Gasteiger partial charge in [-0.1, -0.05) is 41.6 Å². The Bertz CT molecular complexity index is 1370. The molecule has 8 heteroatoms. The third-order valence-corrected chi connectivity index (χ3v) is 5.32. The highest BCUT2D eigenvalue weighted by atomic mass is 16.5. The number of ether oxygens (including phenoxy) is 1. The van der Waals surface area contributed by atoms with Crippen LogP contribution in [-0.2, 0) is 11.3 Å². The molecule has 0 aliphatic rings. The average Bonchev–Trinajstić information content (AvgIpc) is 2.85. The highest BCUT2D eigenvalue weighted by Crippen LogP contribution is 2.23. The van der Waals surface area contributed by atoms with E-state index in [0.29, 0.717) is 22.2 Å². The van der Waals surface area contributed by atoms with Gasteiger partial charge in [-0.05, 0) is 53.9 Å². The first-order valence-electron chi connectivity index (χ1n) is 10.3. The maximum Gasteiger partial charge on any atom is 0.310 e. The summed E-state index contributed by atoms with van der Waals surface area (Å²) in [6.45, 7) is 0.0793. The smallest absolute Gasteiger partial charge is 0.310 e. The fourth-order valence-electron chi connectivity index (χ4n) is 3.40. The second kappa shape index (κ2) is 9.75. The summed E-state index contributed by atoms with van der Waals surface area (Å²) in [5.41, 5.74) is 2.71. The van der Waals surface area contributed by atoms with E-state index in [2.05, 4.69) is 16.4 Å². The zero-order valence-electron chi connectivity index (χ0n) is 17.6. The monoisotopic (exact) mass is 440 g/mol. The molecular formula is C25H20N4O4. The molecule has 33 heavy (non-hydrogen) atoms. The Kier molecular flexibility index (Phi) is 6.41. The molecule has 164 valence electrons. The number of hydrogen-bond donors (Lipinski definition) is 1. The first-order valence-corrected chi connectivity index (χ1v) is 10.3. The summed E-state index contributed by atoms with van der Waals surface area (Å²) < 4.78 is 6.88. The molecular weight excluding hydrogens is 420 g/mol. The van der Waals surface area contributed by atoms with Crippen molar-refractivity contribution >= 4 is 16.9 Å². The van der Waals surface area contributed by atoms with E-state index in [1.807, 2.05) is 24.3 Å². The Morgan fingerprint density at radius 1 is 1.03 bits per heavy atom. The van der Waals surface area contributed by atoms with Crippen molar-refractivity contribution in [2.75, 3.05) is 6.61 Å². The summed E-state index contributed by atoms with van der Waals surface area (Å²) in [5.74, 6) is -1.28. The minimum Gasteiger partial charge on any atom is -0.493 e. The topological polar surface area (TPSA) is 118 Å². The molecule has 0 saturated heterocycles. The highest BCUT2D eigenvalue weighted by Gasteiger charge is 2.19. The van der Waals surface area contributed by atoms with Gasteiger partial charge < -0.3 is 9.84 Å². The molecule has 4 rings (SSSR count). The lowest BCUT2D eigenvalue weighted by Gasteiger charge is -2.14. The Morgan fingerprint density at radius 2 is 1.70 bits per heavy atom. The van der Waals surface area contributed by atoms with Gasteiger partial charge in [0.05, 0.1) is 22.9 Å². The summed E-state index contributed by atoms with van der Waals surface area (Å²) in [6.07, 6.45) is 0.172. The first-order chi connectivity index (χ1) is 16.0. The van der Waals surface area contributed by atoms with Crippen molar-refractivity contribution in [2.24, 2.45) is 5.92 Å². The molecule has 1 N–H and O–H groups in total. The number of aromatic nitrogens is 3. The summed E-state index contributed by atoms with van der Waals surface area (Å²) in [7, 11) is 0. The van der Waals surface area contributed by atoms with Crippen LogP contribution >= 0.6 is 0 Å². The zero-order valence-corrected chi connectivity index (χ0v) is 17.6. The van der Waals surface area contributed by atoms with Crippen LogP contribution in [0.15, 0.2) is 77.6 Å². The van der Waals surface area contributed by atoms with Crippen molar-refractivity contribution in [3.8, 4) is 22.9 Å². The molecule has 0 spiro atoms. The molecule has 0 aliphatic carbocycles. The molecule has 1 heterocycles. The van der Waals surface area contributed by atoms with Crippen LogP contribution in [0.1, 0.15) is 12.0 Å². The number of benzene rings is 3. The summed E-state index contributed by atoms with van der Waals surface area (Å²) in [5, 5.41) is 26.9. The lowest BCUT2D eigenvalue weighted by molar-refractivity contribution is -0.143. The van der Waals surface area contributed by atoms with Crippen LogP contribution in [0.25, 0.3) is 22.0 Å². The van der Waals surface area contributed by atoms with Crippen molar-refractivity contribution in [1.82, 2.24) is 15.0 Å². The fraction of sp³-hybridized carbons (Fsp3) is 0.160. The van der Waals surface area contributed by atoms with E-state index in [0.717, 1.165) is 11.1 Å². The van der Waals surface area contributed by atoms with E-state index >= 15 is 0 Å². The van der Waals surface area contributed by atoms with Crippen LogP contribution in [-0.4, -0.2) is 32.7 Å². The van der Waals surface area contributed by atoms with Crippen LogP contribution in [0.3, 0.4) is 0 Å². The molecule has 0 saturated carbocycles. The highest BCUT2D eigenvalue weighted by molar-refractivity contribution is 5.76. The molecule has 0 amide bonds. The Hall–Kier alpha value is -4.51. The van der Waals surface area contributed by atoms with Gasteiger partial charge in [-0.2, -0.15) is 5.26 Å². The van der Waals surface area contributed by atoms with Gasteiger partial charge in [0, 0.05) is 6.54 Å². The second-order valence-electron chi connectivity index (χ2n) is 7.48. The average molecular weight is 440 g/mol. The minimum absolute atomic E-state index is 0.0404. The van der Waals surface area contributed by atoms with E-state index in [9.17, 15) is 14.7 Å². The Balaban J connectivity index is 1.38.